The van der Waals surface area contributed by atoms with Crippen molar-refractivity contribution >= 4 is 11.0 Å². The van der Waals surface area contributed by atoms with Crippen LogP contribution in [-0.4, -0.2) is 22.1 Å². The summed E-state index contributed by atoms with van der Waals surface area (Å²) in [7, 11) is 1.58. The smallest absolute Gasteiger partial charge is 0.226 e. The molecule has 4 rings (SSSR count). The second-order valence-corrected chi connectivity index (χ2v) is 5.65. The molecule has 1 aliphatic rings. The summed E-state index contributed by atoms with van der Waals surface area (Å²) in [5.74, 6) is 1.08. The maximum Gasteiger partial charge on any atom is 0.226 e. The zero-order valence-corrected chi connectivity index (χ0v) is 13.0. The van der Waals surface area contributed by atoms with E-state index in [1.54, 1.807) is 13.2 Å². The van der Waals surface area contributed by atoms with Gasteiger partial charge in [-0.1, -0.05) is 18.2 Å². The predicted octanol–water partition coefficient (Wildman–Crippen LogP) is 3.10. The zero-order valence-electron chi connectivity index (χ0n) is 13.0. The van der Waals surface area contributed by atoms with Gasteiger partial charge in [-0.3, -0.25) is 0 Å². The van der Waals surface area contributed by atoms with Gasteiger partial charge in [-0.15, -0.1) is 0 Å². The molecule has 2 aromatic heterocycles. The standard InChI is InChI=1S/C18H17N3O2/c1-22-16-8-7-15-17(21-16)19-11-20-18(15)23-10-12-5-6-13-3-2-4-14(13)9-12/h5-9,11H,2-4,10H2,1H3. The molecule has 0 bridgehead atoms. The highest BCUT2D eigenvalue weighted by Crippen LogP contribution is 2.25. The number of aromatic nitrogens is 3. The van der Waals surface area contributed by atoms with E-state index >= 15 is 0 Å². The van der Waals surface area contributed by atoms with Gasteiger partial charge in [0.05, 0.1) is 12.5 Å². The van der Waals surface area contributed by atoms with E-state index in [2.05, 4.69) is 33.2 Å². The summed E-state index contributed by atoms with van der Waals surface area (Å²) in [6, 6.07) is 10.3. The number of methoxy groups -OCH3 is 1. The van der Waals surface area contributed by atoms with Crippen molar-refractivity contribution in [2.24, 2.45) is 0 Å². The highest BCUT2D eigenvalue weighted by atomic mass is 16.5. The Morgan fingerprint density at radius 3 is 2.87 bits per heavy atom. The second-order valence-electron chi connectivity index (χ2n) is 5.65. The Hall–Kier alpha value is -2.69. The van der Waals surface area contributed by atoms with Gasteiger partial charge in [-0.25, -0.2) is 9.97 Å². The van der Waals surface area contributed by atoms with Crippen LogP contribution in [0.2, 0.25) is 0 Å². The first-order valence-corrected chi connectivity index (χ1v) is 7.73. The van der Waals surface area contributed by atoms with Gasteiger partial charge in [0.1, 0.15) is 12.9 Å². The minimum atomic E-state index is 0.491. The molecule has 0 unspecified atom stereocenters. The molecule has 116 valence electrons. The van der Waals surface area contributed by atoms with E-state index in [0.717, 1.165) is 5.39 Å². The fraction of sp³-hybridized carbons (Fsp3) is 0.278. The van der Waals surface area contributed by atoms with Crippen molar-refractivity contribution in [1.82, 2.24) is 15.0 Å². The fourth-order valence-corrected chi connectivity index (χ4v) is 3.00. The molecule has 0 radical (unpaired) electrons. The molecule has 0 atom stereocenters. The van der Waals surface area contributed by atoms with Crippen molar-refractivity contribution in [2.45, 2.75) is 25.9 Å². The molecule has 1 aliphatic carbocycles. The molecule has 1 aromatic carbocycles. The lowest BCUT2D eigenvalue weighted by Crippen LogP contribution is -2.00. The molecule has 5 nitrogen and oxygen atoms in total. The van der Waals surface area contributed by atoms with Crippen LogP contribution in [0.4, 0.5) is 0 Å². The number of hydrogen-bond acceptors (Lipinski definition) is 5. The lowest BCUT2D eigenvalue weighted by Gasteiger charge is -2.09. The first-order chi connectivity index (χ1) is 11.3. The summed E-state index contributed by atoms with van der Waals surface area (Å²) >= 11 is 0. The van der Waals surface area contributed by atoms with Crippen LogP contribution >= 0.6 is 0 Å². The lowest BCUT2D eigenvalue weighted by molar-refractivity contribution is 0.297. The molecule has 0 fully saturated rings. The van der Waals surface area contributed by atoms with Crippen LogP contribution in [0.15, 0.2) is 36.7 Å². The van der Waals surface area contributed by atoms with Crippen LogP contribution in [0.3, 0.4) is 0 Å². The predicted molar refractivity (Wildman–Crippen MR) is 86.7 cm³/mol. The Morgan fingerprint density at radius 2 is 1.96 bits per heavy atom. The lowest BCUT2D eigenvalue weighted by atomic mass is 10.1. The van der Waals surface area contributed by atoms with Crippen LogP contribution in [0.5, 0.6) is 11.8 Å². The van der Waals surface area contributed by atoms with E-state index in [1.807, 2.05) is 6.07 Å². The van der Waals surface area contributed by atoms with Gasteiger partial charge in [0.25, 0.3) is 0 Å². The summed E-state index contributed by atoms with van der Waals surface area (Å²) in [6.45, 7) is 0.491. The number of hydrogen-bond donors (Lipinski definition) is 0. The third kappa shape index (κ3) is 2.70. The number of aryl methyl sites for hydroxylation is 2. The Labute approximate surface area is 134 Å². The number of fused-ring (bicyclic) bond motifs is 2. The SMILES string of the molecule is COc1ccc2c(OCc3ccc4c(c3)CCC4)ncnc2n1. The summed E-state index contributed by atoms with van der Waals surface area (Å²) in [4.78, 5) is 12.7. The van der Waals surface area contributed by atoms with Gasteiger partial charge < -0.3 is 9.47 Å². The number of ether oxygens (including phenoxy) is 2. The minimum absolute atomic E-state index is 0.491. The van der Waals surface area contributed by atoms with Crippen LogP contribution < -0.4 is 9.47 Å². The molecule has 0 saturated heterocycles. The molecule has 23 heavy (non-hydrogen) atoms. The second kappa shape index (κ2) is 5.83. The zero-order chi connectivity index (χ0) is 15.6. The first kappa shape index (κ1) is 13.9. The van der Waals surface area contributed by atoms with Gasteiger partial charge in [0.2, 0.25) is 11.8 Å². The molecule has 0 amide bonds. The summed E-state index contributed by atoms with van der Waals surface area (Å²) in [5, 5.41) is 0.787. The number of nitrogens with zero attached hydrogens (tertiary/aromatic N) is 3. The van der Waals surface area contributed by atoms with Crippen molar-refractivity contribution in [3.05, 3.63) is 53.3 Å². The third-order valence-electron chi connectivity index (χ3n) is 4.18. The van der Waals surface area contributed by atoms with Crippen LogP contribution in [0.1, 0.15) is 23.1 Å². The molecule has 0 aliphatic heterocycles. The van der Waals surface area contributed by atoms with E-state index in [1.165, 1.54) is 42.3 Å². The van der Waals surface area contributed by atoms with Crippen LogP contribution in [-0.2, 0) is 19.4 Å². The third-order valence-corrected chi connectivity index (χ3v) is 4.18. The van der Waals surface area contributed by atoms with Crippen molar-refractivity contribution in [3.8, 4) is 11.8 Å². The number of benzene rings is 1. The number of rotatable bonds is 4. The van der Waals surface area contributed by atoms with Gasteiger partial charge in [0, 0.05) is 6.07 Å². The average Bonchev–Trinajstić information content (AvgIpc) is 3.07. The number of pyridine rings is 1. The monoisotopic (exact) mass is 307 g/mol. The fourth-order valence-electron chi connectivity index (χ4n) is 3.00. The van der Waals surface area contributed by atoms with Gasteiger partial charge in [-0.2, -0.15) is 4.98 Å². The van der Waals surface area contributed by atoms with E-state index in [-0.39, 0.29) is 0 Å². The summed E-state index contributed by atoms with van der Waals surface area (Å²) < 4.78 is 11.0. The van der Waals surface area contributed by atoms with Gasteiger partial charge in [-0.05, 0) is 42.0 Å². The van der Waals surface area contributed by atoms with E-state index in [0.29, 0.717) is 24.0 Å². The molecule has 0 N–H and O–H groups in total. The molecule has 5 heteroatoms. The van der Waals surface area contributed by atoms with E-state index < -0.39 is 0 Å². The maximum absolute atomic E-state index is 5.91. The molecule has 2 heterocycles. The molecule has 0 spiro atoms. The van der Waals surface area contributed by atoms with Crippen molar-refractivity contribution in [1.29, 1.82) is 0 Å². The summed E-state index contributed by atoms with van der Waals surface area (Å²) in [5.41, 5.74) is 4.66. The quantitative estimate of drug-likeness (QED) is 0.741. The van der Waals surface area contributed by atoms with Crippen molar-refractivity contribution in [3.63, 3.8) is 0 Å². The average molecular weight is 307 g/mol. The van der Waals surface area contributed by atoms with E-state index in [9.17, 15) is 0 Å². The maximum atomic E-state index is 5.91. The van der Waals surface area contributed by atoms with Crippen LogP contribution in [0, 0.1) is 0 Å². The van der Waals surface area contributed by atoms with Crippen molar-refractivity contribution < 1.29 is 9.47 Å². The highest BCUT2D eigenvalue weighted by Gasteiger charge is 2.12. The largest absolute Gasteiger partial charge is 0.481 e. The van der Waals surface area contributed by atoms with Gasteiger partial charge in [0.15, 0.2) is 5.65 Å². The normalized spacial score (nSPS) is 13.1. The Balaban J connectivity index is 1.58. The Bertz CT molecular complexity index is 864. The molecular weight excluding hydrogens is 290 g/mol. The molecule has 0 saturated carbocycles. The molecular formula is C18H17N3O2. The first-order valence-electron chi connectivity index (χ1n) is 7.73. The van der Waals surface area contributed by atoms with Gasteiger partial charge >= 0.3 is 0 Å². The Kier molecular flexibility index (Phi) is 3.54. The molecule has 3 aromatic rings. The van der Waals surface area contributed by atoms with Crippen LogP contribution in [0.25, 0.3) is 11.0 Å². The summed E-state index contributed by atoms with van der Waals surface area (Å²) in [6.07, 6.45) is 5.08. The van der Waals surface area contributed by atoms with E-state index in [4.69, 9.17) is 9.47 Å². The highest BCUT2D eigenvalue weighted by molar-refractivity contribution is 5.80. The minimum Gasteiger partial charge on any atom is -0.481 e. The topological polar surface area (TPSA) is 57.1 Å². The Morgan fingerprint density at radius 1 is 1.04 bits per heavy atom. The van der Waals surface area contributed by atoms with Crippen molar-refractivity contribution in [2.75, 3.05) is 7.11 Å².